The Morgan fingerprint density at radius 1 is 1.00 bits per heavy atom. The number of carbonyl (C=O) groups is 2. The third kappa shape index (κ3) is 4.35. The zero-order valence-electron chi connectivity index (χ0n) is 6.45. The molecule has 0 fully saturated rings. The maximum absolute atomic E-state index is 12.0. The van der Waals surface area contributed by atoms with Crippen LogP contribution < -0.4 is 0 Å². The van der Waals surface area contributed by atoms with Gasteiger partial charge in [-0.25, -0.2) is 13.2 Å². The van der Waals surface area contributed by atoms with E-state index in [-0.39, 0.29) is 26.2 Å². The van der Waals surface area contributed by atoms with Gasteiger partial charge >= 0.3 is 32.4 Å². The maximum atomic E-state index is 12.0. The van der Waals surface area contributed by atoms with Crippen LogP contribution in [0.4, 0.5) is 26.3 Å². The quantitative estimate of drug-likeness (QED) is 0.369. The van der Waals surface area contributed by atoms with Gasteiger partial charge in [0.25, 0.3) is 12.2 Å². The van der Waals surface area contributed by atoms with E-state index in [1.807, 2.05) is 0 Å². The molecule has 0 aromatic heterocycles. The van der Waals surface area contributed by atoms with Gasteiger partial charge in [-0.2, -0.15) is 13.2 Å². The van der Waals surface area contributed by atoms with Gasteiger partial charge < -0.3 is 0 Å². The van der Waals surface area contributed by atoms with E-state index in [9.17, 15) is 35.9 Å². The minimum atomic E-state index is -5.62. The fourth-order valence-electron chi connectivity index (χ4n) is 0.384. The van der Waals surface area contributed by atoms with Gasteiger partial charge in [-0.15, -0.1) is 0 Å². The van der Waals surface area contributed by atoms with E-state index < -0.39 is 30.3 Å². The van der Waals surface area contributed by atoms with Crippen LogP contribution in [0.2, 0.25) is 0 Å². The van der Waals surface area contributed by atoms with E-state index in [0.29, 0.717) is 0 Å². The van der Waals surface area contributed by atoms with E-state index in [1.54, 1.807) is 0 Å². The first kappa shape index (κ1) is 16.2. The number of Topliss-reactive ketones (excluding diaryl/α,β-unsaturated/α-hetero) is 2. The summed E-state index contributed by atoms with van der Waals surface area (Å²) in [5.74, 6) is -5.79. The molecule has 1 atom stereocenters. The fourth-order valence-corrected chi connectivity index (χ4v) is 0.384. The van der Waals surface area contributed by atoms with E-state index in [2.05, 4.69) is 0 Å². The molecule has 0 heterocycles. The molecule has 14 heavy (non-hydrogen) atoms. The van der Waals surface area contributed by atoms with Gasteiger partial charge in [0, 0.05) is 0 Å². The molecule has 84 valence electrons. The van der Waals surface area contributed by atoms with Crippen LogP contribution in [-0.2, 0) is 9.59 Å². The Balaban J connectivity index is 0. The minimum absolute atomic E-state index is 0. The predicted octanol–water partition coefficient (Wildman–Crippen LogP) is 0.106. The van der Waals surface area contributed by atoms with Crippen molar-refractivity contribution in [2.24, 2.45) is 0 Å². The van der Waals surface area contributed by atoms with Gasteiger partial charge in [0.1, 0.15) is 0 Å². The zero-order valence-corrected chi connectivity index (χ0v) is 11.9. The second-order valence-electron chi connectivity index (χ2n) is 1.93. The normalized spacial score (nSPS) is 13.4. The molecule has 0 radical (unpaired) electrons. The molecule has 0 saturated carbocycles. The van der Waals surface area contributed by atoms with Crippen molar-refractivity contribution in [2.45, 2.75) is 18.8 Å². The zero-order chi connectivity index (χ0) is 10.8. The van der Waals surface area contributed by atoms with Gasteiger partial charge in [-0.1, -0.05) is 0 Å². The van der Waals surface area contributed by atoms with Crippen molar-refractivity contribution >= 4 is 37.8 Å². The second kappa shape index (κ2) is 5.63. The van der Waals surface area contributed by atoms with Crippen LogP contribution in [0.3, 0.4) is 0 Å². The first-order chi connectivity index (χ1) is 5.68. The molecule has 0 N–H and O–H groups in total. The van der Waals surface area contributed by atoms with Crippen LogP contribution in [0.1, 0.15) is 0 Å². The van der Waals surface area contributed by atoms with Crippen LogP contribution in [0.15, 0.2) is 0 Å². The van der Waals surface area contributed by atoms with Crippen LogP contribution in [0.5, 0.6) is 0 Å². The van der Waals surface area contributed by atoms with Gasteiger partial charge in [0.05, 0.1) is 0 Å². The van der Waals surface area contributed by atoms with Crippen molar-refractivity contribution in [1.82, 2.24) is 0 Å². The van der Waals surface area contributed by atoms with Crippen molar-refractivity contribution in [2.75, 3.05) is 0 Å². The molecule has 0 bridgehead atoms. The fraction of sp³-hybridized carbons (Fsp3) is 0.600. The number of alkyl halides is 6. The SMILES string of the molecule is O=C(C(F)F)C(F)C(=O)C(F)(F)F.[BiH3]. The van der Waals surface area contributed by atoms with E-state index in [4.69, 9.17) is 0 Å². The molecule has 0 rings (SSSR count). The number of hydrogen-bond acceptors (Lipinski definition) is 2. The molecule has 1 unspecified atom stereocenters. The first-order valence-electron chi connectivity index (χ1n) is 2.75. The monoisotopic (exact) mass is 420 g/mol. The predicted molar refractivity (Wildman–Crippen MR) is 36.9 cm³/mol. The molecular weight excluding hydrogens is 415 g/mol. The summed E-state index contributed by atoms with van der Waals surface area (Å²) in [6.45, 7) is 0. The van der Waals surface area contributed by atoms with Crippen LogP contribution >= 0.6 is 0 Å². The summed E-state index contributed by atoms with van der Waals surface area (Å²) in [5, 5.41) is 0. The third-order valence-electron chi connectivity index (χ3n) is 0.974. The van der Waals surface area contributed by atoms with Gasteiger partial charge in [0.2, 0.25) is 12.0 Å². The average Bonchev–Trinajstić information content (AvgIpc) is 1.98. The molecule has 2 nitrogen and oxygen atoms in total. The van der Waals surface area contributed by atoms with Crippen LogP contribution in [0, 0.1) is 0 Å². The second-order valence-corrected chi connectivity index (χ2v) is 1.93. The number of hydrogen-bond donors (Lipinski definition) is 0. The summed E-state index contributed by atoms with van der Waals surface area (Å²) in [6, 6.07) is 0. The molecule has 0 aliphatic rings. The van der Waals surface area contributed by atoms with E-state index in [0.717, 1.165) is 0 Å². The topological polar surface area (TPSA) is 34.1 Å². The Kier molecular flexibility index (Phi) is 6.53. The van der Waals surface area contributed by atoms with Gasteiger partial charge in [0.15, 0.2) is 0 Å². The number of halogens is 6. The number of rotatable bonds is 3. The van der Waals surface area contributed by atoms with E-state index in [1.165, 1.54) is 0 Å². The molecular formula is C5H5BiF6O2. The van der Waals surface area contributed by atoms with Crippen molar-refractivity contribution in [3.8, 4) is 0 Å². The Morgan fingerprint density at radius 3 is 1.57 bits per heavy atom. The Hall–Kier alpha value is -0.197. The van der Waals surface area contributed by atoms with Crippen molar-refractivity contribution < 1.29 is 35.9 Å². The van der Waals surface area contributed by atoms with Crippen molar-refractivity contribution in [3.05, 3.63) is 0 Å². The molecule has 0 spiro atoms. The standard InChI is InChI=1S/C5H2F6O2.Bi.3H/c6-1(2(12)4(7)8)3(13)5(9,10)11;;;;/h1,4H;;;;. The molecule has 9 heteroatoms. The average molecular weight is 420 g/mol. The van der Waals surface area contributed by atoms with E-state index >= 15 is 0 Å². The summed E-state index contributed by atoms with van der Waals surface area (Å²) in [5.41, 5.74) is 0. The van der Waals surface area contributed by atoms with Crippen LogP contribution in [-0.4, -0.2) is 56.5 Å². The summed E-state index contributed by atoms with van der Waals surface area (Å²) in [6.07, 6.45) is -13.4. The Morgan fingerprint density at radius 2 is 1.36 bits per heavy atom. The number of carbonyl (C=O) groups excluding carboxylic acids is 2. The molecule has 0 aliphatic heterocycles. The first-order valence-corrected chi connectivity index (χ1v) is 2.75. The summed E-state index contributed by atoms with van der Waals surface area (Å²) in [4.78, 5) is 19.7. The van der Waals surface area contributed by atoms with Crippen molar-refractivity contribution in [3.63, 3.8) is 0 Å². The van der Waals surface area contributed by atoms with Crippen molar-refractivity contribution in [1.29, 1.82) is 0 Å². The third-order valence-corrected chi connectivity index (χ3v) is 0.974. The number of ketones is 2. The summed E-state index contributed by atoms with van der Waals surface area (Å²) in [7, 11) is 0. The molecule has 0 aromatic rings. The molecule has 0 aliphatic carbocycles. The molecule has 0 saturated heterocycles. The summed E-state index contributed by atoms with van der Waals surface area (Å²) < 4.78 is 68.7. The van der Waals surface area contributed by atoms with Crippen LogP contribution in [0.25, 0.3) is 0 Å². The van der Waals surface area contributed by atoms with Gasteiger partial charge in [-0.05, 0) is 0 Å². The summed E-state index contributed by atoms with van der Waals surface area (Å²) >= 11 is 0. The Labute approximate surface area is 92.8 Å². The molecule has 0 amide bonds. The van der Waals surface area contributed by atoms with Gasteiger partial charge in [-0.3, -0.25) is 9.59 Å². The molecule has 0 aromatic carbocycles. The Bertz CT molecular complexity index is 225.